The van der Waals surface area contributed by atoms with Gasteiger partial charge in [-0.15, -0.1) is 0 Å². The van der Waals surface area contributed by atoms with Crippen molar-refractivity contribution in [2.75, 3.05) is 0 Å². The molecule has 0 spiro atoms. The van der Waals surface area contributed by atoms with Gasteiger partial charge < -0.3 is 19.5 Å². The highest BCUT2D eigenvalue weighted by Gasteiger charge is 2.50. The second-order valence-corrected chi connectivity index (χ2v) is 12.7. The minimum Gasteiger partial charge on any atom is -0.369 e. The number of amides is 1. The van der Waals surface area contributed by atoms with Crippen LogP contribution in [0.15, 0.2) is 121 Å². The summed E-state index contributed by atoms with van der Waals surface area (Å²) in [6.45, 7) is 3.64. The van der Waals surface area contributed by atoms with Crippen LogP contribution >= 0.6 is 7.82 Å². The number of hydrogen-bond acceptors (Lipinski definition) is 8. The average molecular weight is 646 g/mol. The molecule has 1 N–H and O–H groups in total. The van der Waals surface area contributed by atoms with Gasteiger partial charge in [0, 0.05) is 6.92 Å². The molecule has 4 aromatic carbocycles. The van der Waals surface area contributed by atoms with Crippen molar-refractivity contribution in [2.24, 2.45) is 0 Å². The SMILES string of the molecule is CC(=O)N[C@@H]1[C@@H](OCc2ccccc2)[C@@H](OP(=O)(OCc2ccccc2)OCc2ccccc2)O[C@H](C)[C@H]1OCc1ccccc1. The van der Waals surface area contributed by atoms with Crippen LogP contribution in [0.3, 0.4) is 0 Å². The molecule has 0 aromatic heterocycles. The third-order valence-electron chi connectivity index (χ3n) is 7.43. The topological polar surface area (TPSA) is 102 Å². The van der Waals surface area contributed by atoms with E-state index in [1.165, 1.54) is 6.92 Å². The normalized spacial score (nSPS) is 21.5. The van der Waals surface area contributed by atoms with Crippen LogP contribution in [0.5, 0.6) is 0 Å². The van der Waals surface area contributed by atoms with E-state index < -0.39 is 38.5 Å². The molecule has 1 saturated heterocycles. The fraction of sp³-hybridized carbons (Fsp3) is 0.306. The molecule has 5 rings (SSSR count). The van der Waals surface area contributed by atoms with Crippen molar-refractivity contribution < 1.29 is 37.1 Å². The number of carbonyl (C=O) groups excluding carboxylic acids is 1. The van der Waals surface area contributed by atoms with Crippen molar-refractivity contribution >= 4 is 13.7 Å². The van der Waals surface area contributed by atoms with Gasteiger partial charge in [0.25, 0.3) is 0 Å². The van der Waals surface area contributed by atoms with Crippen molar-refractivity contribution in [1.29, 1.82) is 0 Å². The Morgan fingerprint density at radius 1 is 0.652 bits per heavy atom. The fourth-order valence-corrected chi connectivity index (χ4v) is 6.37. The molecule has 1 aliphatic rings. The molecule has 0 bridgehead atoms. The van der Waals surface area contributed by atoms with Crippen LogP contribution in [0.4, 0.5) is 0 Å². The summed E-state index contributed by atoms with van der Waals surface area (Å²) in [5.41, 5.74) is 3.43. The van der Waals surface area contributed by atoms with Gasteiger partial charge in [-0.2, -0.15) is 0 Å². The van der Waals surface area contributed by atoms with E-state index in [2.05, 4.69) is 5.32 Å². The summed E-state index contributed by atoms with van der Waals surface area (Å²) < 4.78 is 51.4. The van der Waals surface area contributed by atoms with Crippen LogP contribution < -0.4 is 5.32 Å². The van der Waals surface area contributed by atoms with Crippen LogP contribution in [0, 0.1) is 0 Å². The zero-order chi connectivity index (χ0) is 32.2. The highest BCUT2D eigenvalue weighted by molar-refractivity contribution is 7.48. The molecule has 46 heavy (non-hydrogen) atoms. The zero-order valence-corrected chi connectivity index (χ0v) is 26.9. The number of phosphoric acid groups is 1. The Morgan fingerprint density at radius 2 is 1.04 bits per heavy atom. The highest BCUT2D eigenvalue weighted by atomic mass is 31.2. The minimum atomic E-state index is -4.28. The predicted molar refractivity (Wildman–Crippen MR) is 173 cm³/mol. The molecule has 0 aliphatic carbocycles. The lowest BCUT2D eigenvalue weighted by molar-refractivity contribution is -0.268. The maximum atomic E-state index is 14.4. The summed E-state index contributed by atoms with van der Waals surface area (Å²) in [7, 11) is -4.28. The van der Waals surface area contributed by atoms with Crippen molar-refractivity contribution in [2.45, 2.75) is 70.9 Å². The van der Waals surface area contributed by atoms with Gasteiger partial charge in [-0.05, 0) is 29.2 Å². The number of hydrogen-bond donors (Lipinski definition) is 1. The second kappa shape index (κ2) is 16.8. The van der Waals surface area contributed by atoms with E-state index in [1.54, 1.807) is 0 Å². The van der Waals surface area contributed by atoms with Gasteiger partial charge in [0.1, 0.15) is 12.2 Å². The second-order valence-electron chi connectivity index (χ2n) is 11.0. The Balaban J connectivity index is 1.42. The van der Waals surface area contributed by atoms with Gasteiger partial charge in [0.15, 0.2) is 6.29 Å². The van der Waals surface area contributed by atoms with E-state index >= 15 is 0 Å². The van der Waals surface area contributed by atoms with Crippen molar-refractivity contribution in [3.8, 4) is 0 Å². The summed E-state index contributed by atoms with van der Waals surface area (Å²) in [6, 6.07) is 37.2. The first-order valence-electron chi connectivity index (χ1n) is 15.3. The van der Waals surface area contributed by atoms with Gasteiger partial charge in [-0.1, -0.05) is 121 Å². The summed E-state index contributed by atoms with van der Waals surface area (Å²) in [6.07, 6.45) is -3.42. The molecule has 1 fully saturated rings. The summed E-state index contributed by atoms with van der Waals surface area (Å²) >= 11 is 0. The predicted octanol–water partition coefficient (Wildman–Crippen LogP) is 6.97. The van der Waals surface area contributed by atoms with E-state index in [4.69, 9.17) is 27.8 Å². The number of carbonyl (C=O) groups is 1. The first kappa shape index (κ1) is 33.7. The quantitative estimate of drug-likeness (QED) is 0.139. The van der Waals surface area contributed by atoms with Crippen LogP contribution in [0.25, 0.3) is 0 Å². The van der Waals surface area contributed by atoms with E-state index in [0.717, 1.165) is 22.3 Å². The zero-order valence-electron chi connectivity index (χ0n) is 26.0. The lowest BCUT2D eigenvalue weighted by Gasteiger charge is -2.45. The Morgan fingerprint density at radius 3 is 1.46 bits per heavy atom. The molecule has 242 valence electrons. The lowest BCUT2D eigenvalue weighted by atomic mass is 9.96. The lowest BCUT2D eigenvalue weighted by Crippen LogP contribution is -2.64. The van der Waals surface area contributed by atoms with Crippen molar-refractivity contribution in [3.05, 3.63) is 144 Å². The van der Waals surface area contributed by atoms with Crippen LogP contribution in [0.2, 0.25) is 0 Å². The number of phosphoric ester groups is 1. The number of nitrogens with one attached hydrogen (secondary N) is 1. The fourth-order valence-electron chi connectivity index (χ4n) is 5.13. The average Bonchev–Trinajstić information content (AvgIpc) is 3.08. The van der Waals surface area contributed by atoms with Crippen molar-refractivity contribution in [3.63, 3.8) is 0 Å². The Hall–Kier alpha value is -3.66. The monoisotopic (exact) mass is 645 g/mol. The molecule has 0 radical (unpaired) electrons. The molecule has 4 aromatic rings. The molecular weight excluding hydrogens is 605 g/mol. The maximum Gasteiger partial charge on any atom is 0.477 e. The van der Waals surface area contributed by atoms with Gasteiger partial charge in [-0.3, -0.25) is 18.4 Å². The third kappa shape index (κ3) is 9.92. The smallest absolute Gasteiger partial charge is 0.369 e. The largest absolute Gasteiger partial charge is 0.477 e. The number of benzene rings is 4. The maximum absolute atomic E-state index is 14.4. The molecule has 0 unspecified atom stereocenters. The van der Waals surface area contributed by atoms with E-state index in [9.17, 15) is 9.36 Å². The van der Waals surface area contributed by atoms with Gasteiger partial charge in [0.05, 0.1) is 38.6 Å². The molecule has 5 atom stereocenters. The van der Waals surface area contributed by atoms with E-state index in [-0.39, 0.29) is 32.3 Å². The molecule has 9 nitrogen and oxygen atoms in total. The first-order chi connectivity index (χ1) is 22.4. The summed E-state index contributed by atoms with van der Waals surface area (Å²) in [5.74, 6) is -0.289. The van der Waals surface area contributed by atoms with Gasteiger partial charge in [0.2, 0.25) is 5.91 Å². The standard InChI is InChI=1S/C36H40NO8P/c1-27-34(40-23-29-15-7-3-8-16-29)33(37-28(2)38)35(41-24-30-17-9-4-10-18-30)36(44-27)45-46(39,42-25-31-19-11-5-12-20-31)43-26-32-21-13-6-14-22-32/h3-22,27,33-36H,23-26H2,1-2H3,(H,37,38)/t27-,33+,34-,35-,36-/m1/s1. The molecule has 1 heterocycles. The Labute approximate surface area is 270 Å². The highest BCUT2D eigenvalue weighted by Crippen LogP contribution is 2.53. The van der Waals surface area contributed by atoms with Gasteiger partial charge in [-0.25, -0.2) is 4.57 Å². The molecule has 0 saturated carbocycles. The molecule has 1 amide bonds. The van der Waals surface area contributed by atoms with E-state index in [1.807, 2.05) is 128 Å². The van der Waals surface area contributed by atoms with Crippen molar-refractivity contribution in [1.82, 2.24) is 5.32 Å². The number of ether oxygens (including phenoxy) is 3. The minimum absolute atomic E-state index is 0.0251. The Kier molecular flexibility index (Phi) is 12.3. The first-order valence-corrected chi connectivity index (χ1v) is 16.7. The number of rotatable bonds is 15. The molecule has 1 aliphatic heterocycles. The Bertz CT molecular complexity index is 1480. The summed E-state index contributed by atoms with van der Waals surface area (Å²) in [4.78, 5) is 12.6. The van der Waals surface area contributed by atoms with Crippen LogP contribution in [-0.2, 0) is 63.6 Å². The molecular formula is C36H40NO8P. The van der Waals surface area contributed by atoms with Crippen LogP contribution in [-0.4, -0.2) is 36.6 Å². The van der Waals surface area contributed by atoms with Crippen LogP contribution in [0.1, 0.15) is 36.1 Å². The molecule has 10 heteroatoms. The van der Waals surface area contributed by atoms with E-state index in [0.29, 0.717) is 0 Å². The summed E-state index contributed by atoms with van der Waals surface area (Å²) in [5, 5.41) is 3.00. The van der Waals surface area contributed by atoms with Gasteiger partial charge >= 0.3 is 7.82 Å². The third-order valence-corrected chi connectivity index (χ3v) is 8.78.